The smallest absolute Gasteiger partial charge is 0.235 e. The monoisotopic (exact) mass is 313 g/mol. The Morgan fingerprint density at radius 3 is 2.73 bits per heavy atom. The van der Waals surface area contributed by atoms with Gasteiger partial charge < -0.3 is 9.80 Å². The third-order valence-corrected chi connectivity index (χ3v) is 5.06. The maximum Gasteiger partial charge on any atom is 0.235 e. The van der Waals surface area contributed by atoms with E-state index >= 15 is 0 Å². The van der Waals surface area contributed by atoms with Gasteiger partial charge in [0.15, 0.2) is 5.82 Å². The second-order valence-corrected chi connectivity index (χ2v) is 6.60. The van der Waals surface area contributed by atoms with E-state index in [1.54, 1.807) is 22.9 Å². The summed E-state index contributed by atoms with van der Waals surface area (Å²) in [5.74, 6) is 1.65. The molecule has 0 radical (unpaired) electrons. The number of carbonyl (C=O) groups excluding carboxylic acids is 1. The second-order valence-electron chi connectivity index (χ2n) is 5.54. The van der Waals surface area contributed by atoms with Crippen molar-refractivity contribution in [2.75, 3.05) is 36.7 Å². The largest absolute Gasteiger partial charge is 0.361 e. The van der Waals surface area contributed by atoms with E-state index in [1.165, 1.54) is 4.90 Å². The van der Waals surface area contributed by atoms with E-state index in [0.717, 1.165) is 22.8 Å². The Bertz CT molecular complexity index is 702. The van der Waals surface area contributed by atoms with E-state index < -0.39 is 0 Å². The number of amides is 1. The number of anilines is 2. The topological polar surface area (TPSA) is 36.4 Å². The molecule has 0 saturated heterocycles. The van der Waals surface area contributed by atoms with E-state index in [9.17, 15) is 4.79 Å². The Morgan fingerprint density at radius 2 is 1.95 bits per heavy atom. The number of aromatic nitrogens is 1. The molecule has 0 aliphatic carbocycles. The van der Waals surface area contributed by atoms with Crippen LogP contribution >= 0.6 is 11.8 Å². The number of likely N-dealkylation sites (N-methyl/N-ethyl adjacent to an activating group) is 1. The van der Waals surface area contributed by atoms with Crippen LogP contribution < -0.4 is 9.80 Å². The fourth-order valence-corrected chi connectivity index (χ4v) is 3.93. The molecule has 0 bridgehead atoms. The zero-order valence-corrected chi connectivity index (χ0v) is 13.8. The minimum atomic E-state index is -0.0820. The van der Waals surface area contributed by atoms with E-state index in [2.05, 4.69) is 17.1 Å². The van der Waals surface area contributed by atoms with Gasteiger partial charge >= 0.3 is 0 Å². The van der Waals surface area contributed by atoms with E-state index in [-0.39, 0.29) is 11.8 Å². The van der Waals surface area contributed by atoms with Crippen LogP contribution in [-0.2, 0) is 4.79 Å². The molecule has 1 amide bonds. The highest BCUT2D eigenvalue weighted by Crippen LogP contribution is 2.41. The fourth-order valence-electron chi connectivity index (χ4n) is 2.71. The Kier molecular flexibility index (Phi) is 4.07. The van der Waals surface area contributed by atoms with Gasteiger partial charge in [0.2, 0.25) is 5.91 Å². The highest BCUT2D eigenvalue weighted by atomic mass is 32.2. The number of hydrogen-bond donors (Lipinski definition) is 0. The quantitative estimate of drug-likeness (QED) is 0.873. The first-order chi connectivity index (χ1) is 10.6. The molecule has 1 aliphatic heterocycles. The number of hydrogen-bond acceptors (Lipinski definition) is 4. The summed E-state index contributed by atoms with van der Waals surface area (Å²) < 4.78 is 0. The molecular formula is C17H19N3OS. The first-order valence-electron chi connectivity index (χ1n) is 7.21. The normalized spacial score (nSPS) is 16.2. The molecule has 1 aliphatic rings. The van der Waals surface area contributed by atoms with Gasteiger partial charge in [-0.15, -0.1) is 11.8 Å². The van der Waals surface area contributed by atoms with Crippen LogP contribution in [0.15, 0.2) is 47.5 Å². The minimum Gasteiger partial charge on any atom is -0.361 e. The summed E-state index contributed by atoms with van der Waals surface area (Å²) >= 11 is 1.75. The standard InChI is InChI=1S/C17H19N3OS/c1-19(2)16-14(8-6-10-18-16)20(3)17(21)13-11-22-15-9-5-4-7-12(13)15/h4-10,13H,11H2,1-3H3/t13-/m1/s1. The van der Waals surface area contributed by atoms with Crippen molar-refractivity contribution >= 4 is 29.2 Å². The average molecular weight is 313 g/mol. The van der Waals surface area contributed by atoms with Crippen LogP contribution in [0.1, 0.15) is 11.5 Å². The van der Waals surface area contributed by atoms with Gasteiger partial charge in [-0.3, -0.25) is 4.79 Å². The van der Waals surface area contributed by atoms with Crippen molar-refractivity contribution in [1.29, 1.82) is 0 Å². The number of benzene rings is 1. The fraction of sp³-hybridized carbons (Fsp3) is 0.294. The molecule has 3 rings (SSSR count). The van der Waals surface area contributed by atoms with Crippen molar-refractivity contribution in [3.63, 3.8) is 0 Å². The van der Waals surface area contributed by atoms with Crippen LogP contribution in [0.25, 0.3) is 0 Å². The Hall–Kier alpha value is -2.01. The molecule has 0 spiro atoms. The summed E-state index contributed by atoms with van der Waals surface area (Å²) in [7, 11) is 5.70. The van der Waals surface area contributed by atoms with Crippen molar-refractivity contribution < 1.29 is 4.79 Å². The number of rotatable bonds is 3. The van der Waals surface area contributed by atoms with Gasteiger partial charge in [0.25, 0.3) is 0 Å². The molecule has 1 aromatic heterocycles. The molecule has 0 fully saturated rings. The number of pyridine rings is 1. The van der Waals surface area contributed by atoms with Crippen LogP contribution in [0.5, 0.6) is 0 Å². The van der Waals surface area contributed by atoms with E-state index in [0.29, 0.717) is 0 Å². The van der Waals surface area contributed by atoms with Gasteiger partial charge in [0, 0.05) is 38.0 Å². The van der Waals surface area contributed by atoms with Crippen LogP contribution in [0.4, 0.5) is 11.5 Å². The highest BCUT2D eigenvalue weighted by molar-refractivity contribution is 7.99. The molecule has 22 heavy (non-hydrogen) atoms. The SMILES string of the molecule is CN(C)c1ncccc1N(C)C(=O)[C@@H]1CSc2ccccc21. The number of nitrogens with zero attached hydrogens (tertiary/aromatic N) is 3. The van der Waals surface area contributed by atoms with Crippen molar-refractivity contribution in [3.8, 4) is 0 Å². The first kappa shape index (κ1) is 14.9. The van der Waals surface area contributed by atoms with Crippen LogP contribution in [0.2, 0.25) is 0 Å². The van der Waals surface area contributed by atoms with E-state index in [1.807, 2.05) is 50.3 Å². The maximum atomic E-state index is 12.9. The summed E-state index contributed by atoms with van der Waals surface area (Å²) in [5.41, 5.74) is 1.98. The summed E-state index contributed by atoms with van der Waals surface area (Å²) in [6, 6.07) is 12.0. The van der Waals surface area contributed by atoms with Crippen molar-refractivity contribution in [2.24, 2.45) is 0 Å². The van der Waals surface area contributed by atoms with Crippen molar-refractivity contribution in [2.45, 2.75) is 10.8 Å². The number of carbonyl (C=O) groups is 1. The Balaban J connectivity index is 1.91. The average Bonchev–Trinajstić information content (AvgIpc) is 2.97. The third-order valence-electron chi connectivity index (χ3n) is 3.88. The molecule has 2 heterocycles. The zero-order valence-electron chi connectivity index (χ0n) is 13.0. The second kappa shape index (κ2) is 6.01. The summed E-state index contributed by atoms with van der Waals surface area (Å²) in [5, 5.41) is 0. The van der Waals surface area contributed by atoms with Crippen molar-refractivity contribution in [1.82, 2.24) is 4.98 Å². The minimum absolute atomic E-state index is 0.0820. The lowest BCUT2D eigenvalue weighted by Crippen LogP contribution is -2.33. The van der Waals surface area contributed by atoms with Gasteiger partial charge in [-0.2, -0.15) is 0 Å². The maximum absolute atomic E-state index is 12.9. The molecule has 0 saturated carbocycles. The predicted octanol–water partition coefficient (Wildman–Crippen LogP) is 3.00. The lowest BCUT2D eigenvalue weighted by molar-refractivity contribution is -0.119. The molecule has 114 valence electrons. The van der Waals surface area contributed by atoms with Gasteiger partial charge in [0.1, 0.15) is 0 Å². The van der Waals surface area contributed by atoms with Crippen LogP contribution in [0, 0.1) is 0 Å². The van der Waals surface area contributed by atoms with Crippen molar-refractivity contribution in [3.05, 3.63) is 48.2 Å². The molecule has 5 heteroatoms. The van der Waals surface area contributed by atoms with Gasteiger partial charge in [-0.05, 0) is 23.8 Å². The predicted molar refractivity (Wildman–Crippen MR) is 91.9 cm³/mol. The molecular weight excluding hydrogens is 294 g/mol. The van der Waals surface area contributed by atoms with Crippen LogP contribution in [-0.4, -0.2) is 37.8 Å². The molecule has 0 unspecified atom stereocenters. The summed E-state index contributed by atoms with van der Waals surface area (Å²) in [4.78, 5) is 22.2. The lowest BCUT2D eigenvalue weighted by atomic mass is 10.00. The third kappa shape index (κ3) is 2.57. The van der Waals surface area contributed by atoms with Gasteiger partial charge in [0.05, 0.1) is 11.6 Å². The molecule has 0 N–H and O–H groups in total. The Morgan fingerprint density at radius 1 is 1.18 bits per heavy atom. The number of thioether (sulfide) groups is 1. The summed E-state index contributed by atoms with van der Waals surface area (Å²) in [6.45, 7) is 0. The lowest BCUT2D eigenvalue weighted by Gasteiger charge is -2.25. The van der Waals surface area contributed by atoms with Crippen LogP contribution in [0.3, 0.4) is 0 Å². The molecule has 4 nitrogen and oxygen atoms in total. The first-order valence-corrected chi connectivity index (χ1v) is 8.20. The number of fused-ring (bicyclic) bond motifs is 1. The Labute approximate surface area is 135 Å². The van der Waals surface area contributed by atoms with E-state index in [4.69, 9.17) is 0 Å². The highest BCUT2D eigenvalue weighted by Gasteiger charge is 2.32. The zero-order chi connectivity index (χ0) is 15.7. The molecule has 1 atom stereocenters. The molecule has 1 aromatic carbocycles. The van der Waals surface area contributed by atoms with Gasteiger partial charge in [-0.1, -0.05) is 18.2 Å². The van der Waals surface area contributed by atoms with Gasteiger partial charge in [-0.25, -0.2) is 4.98 Å². The molecule has 2 aromatic rings. The summed E-state index contributed by atoms with van der Waals surface area (Å²) in [6.07, 6.45) is 1.75.